The summed E-state index contributed by atoms with van der Waals surface area (Å²) in [6.45, 7) is 2.18. The number of rotatable bonds is 3. The van der Waals surface area contributed by atoms with E-state index in [0.29, 0.717) is 23.3 Å². The molecule has 1 saturated carbocycles. The van der Waals surface area contributed by atoms with Crippen molar-refractivity contribution in [1.82, 2.24) is 10.3 Å². The molecule has 0 saturated heterocycles. The molecule has 92 valence electrons. The maximum Gasteiger partial charge on any atom is 0.251 e. The molecule has 1 aromatic heterocycles. The molecule has 1 fully saturated rings. The van der Waals surface area contributed by atoms with Crippen LogP contribution in [0.4, 0.5) is 5.82 Å². The average Bonchev–Trinajstić information content (AvgIpc) is 2.75. The average molecular weight is 234 g/mol. The number of pyridine rings is 1. The van der Waals surface area contributed by atoms with E-state index in [0.717, 1.165) is 6.42 Å². The zero-order valence-electron chi connectivity index (χ0n) is 9.94. The summed E-state index contributed by atoms with van der Waals surface area (Å²) in [5, 5.41) is 3.06. The fourth-order valence-corrected chi connectivity index (χ4v) is 2.26. The van der Waals surface area contributed by atoms with Gasteiger partial charge in [0.2, 0.25) is 0 Å². The first-order valence-electron chi connectivity index (χ1n) is 5.94. The van der Waals surface area contributed by atoms with Crippen molar-refractivity contribution in [2.45, 2.75) is 32.2 Å². The maximum atomic E-state index is 12.0. The van der Waals surface area contributed by atoms with Gasteiger partial charge in [-0.25, -0.2) is 10.8 Å². The summed E-state index contributed by atoms with van der Waals surface area (Å²) < 4.78 is 0. The summed E-state index contributed by atoms with van der Waals surface area (Å²) in [6.07, 6.45) is 5.02. The second-order valence-corrected chi connectivity index (χ2v) is 4.56. The van der Waals surface area contributed by atoms with Crippen LogP contribution in [0.2, 0.25) is 0 Å². The largest absolute Gasteiger partial charge is 0.349 e. The Bertz CT molecular complexity index is 407. The fraction of sp³-hybridized carbons (Fsp3) is 0.500. The third-order valence-corrected chi connectivity index (χ3v) is 3.35. The highest BCUT2D eigenvalue weighted by Crippen LogP contribution is 2.25. The molecule has 5 nitrogen and oxygen atoms in total. The number of nitrogen functional groups attached to an aromatic ring is 1. The summed E-state index contributed by atoms with van der Waals surface area (Å²) in [6, 6.07) is 3.63. The Balaban J connectivity index is 2.03. The number of hydrogen-bond acceptors (Lipinski definition) is 4. The molecule has 0 aromatic carbocycles. The number of nitrogens with two attached hydrogens (primary N) is 1. The fourth-order valence-electron chi connectivity index (χ4n) is 2.26. The van der Waals surface area contributed by atoms with Gasteiger partial charge in [-0.15, -0.1) is 0 Å². The number of nitrogens with zero attached hydrogens (tertiary/aromatic N) is 1. The van der Waals surface area contributed by atoms with Crippen LogP contribution in [0.3, 0.4) is 0 Å². The Hall–Kier alpha value is -1.62. The van der Waals surface area contributed by atoms with Gasteiger partial charge in [-0.2, -0.15) is 0 Å². The van der Waals surface area contributed by atoms with Gasteiger partial charge in [0.1, 0.15) is 5.82 Å². The van der Waals surface area contributed by atoms with Crippen LogP contribution in [0.5, 0.6) is 0 Å². The smallest absolute Gasteiger partial charge is 0.251 e. The van der Waals surface area contributed by atoms with E-state index in [2.05, 4.69) is 22.7 Å². The highest BCUT2D eigenvalue weighted by Gasteiger charge is 2.25. The van der Waals surface area contributed by atoms with Gasteiger partial charge in [0, 0.05) is 17.8 Å². The van der Waals surface area contributed by atoms with Crippen LogP contribution in [-0.2, 0) is 0 Å². The van der Waals surface area contributed by atoms with Gasteiger partial charge in [0.15, 0.2) is 0 Å². The van der Waals surface area contributed by atoms with Crippen molar-refractivity contribution in [3.63, 3.8) is 0 Å². The van der Waals surface area contributed by atoms with E-state index in [1.165, 1.54) is 12.8 Å². The molecule has 1 amide bonds. The lowest BCUT2D eigenvalue weighted by Gasteiger charge is -2.17. The molecule has 0 radical (unpaired) electrons. The van der Waals surface area contributed by atoms with E-state index in [1.807, 2.05) is 0 Å². The van der Waals surface area contributed by atoms with Gasteiger partial charge in [-0.05, 0) is 30.9 Å². The summed E-state index contributed by atoms with van der Waals surface area (Å²) in [7, 11) is 0. The third-order valence-electron chi connectivity index (χ3n) is 3.35. The predicted octanol–water partition coefficient (Wildman–Crippen LogP) is 1.29. The van der Waals surface area contributed by atoms with Gasteiger partial charge in [0.25, 0.3) is 5.91 Å². The van der Waals surface area contributed by atoms with Crippen molar-refractivity contribution in [3.8, 4) is 0 Å². The predicted molar refractivity (Wildman–Crippen MR) is 66.3 cm³/mol. The molecule has 2 unspecified atom stereocenters. The third kappa shape index (κ3) is 2.74. The van der Waals surface area contributed by atoms with Crippen LogP contribution >= 0.6 is 0 Å². The van der Waals surface area contributed by atoms with Crippen LogP contribution in [0.25, 0.3) is 0 Å². The van der Waals surface area contributed by atoms with E-state index in [9.17, 15) is 4.79 Å². The molecule has 1 aliphatic rings. The lowest BCUT2D eigenvalue weighted by atomic mass is 10.1. The minimum Gasteiger partial charge on any atom is -0.349 e. The van der Waals surface area contributed by atoms with Crippen LogP contribution in [0.15, 0.2) is 18.3 Å². The number of carbonyl (C=O) groups excluding carboxylic acids is 1. The van der Waals surface area contributed by atoms with Gasteiger partial charge < -0.3 is 10.7 Å². The van der Waals surface area contributed by atoms with Crippen molar-refractivity contribution in [3.05, 3.63) is 23.9 Å². The van der Waals surface area contributed by atoms with E-state index in [1.54, 1.807) is 18.3 Å². The molecule has 1 aliphatic carbocycles. The monoisotopic (exact) mass is 234 g/mol. The van der Waals surface area contributed by atoms with E-state index >= 15 is 0 Å². The Morgan fingerprint density at radius 1 is 1.53 bits per heavy atom. The first kappa shape index (κ1) is 11.9. The summed E-state index contributed by atoms with van der Waals surface area (Å²) in [5.41, 5.74) is 3.02. The lowest BCUT2D eigenvalue weighted by Crippen LogP contribution is -2.36. The standard InChI is InChI=1S/C12H18N4O/c1-8-3-2-4-10(8)15-12(17)9-5-6-14-11(7-9)16-13/h5-8,10H,2-4,13H2,1H3,(H,14,16)(H,15,17). The topological polar surface area (TPSA) is 80.0 Å². The normalized spacial score (nSPS) is 23.4. The van der Waals surface area contributed by atoms with Gasteiger partial charge in [0.05, 0.1) is 0 Å². The Morgan fingerprint density at radius 3 is 3.00 bits per heavy atom. The zero-order valence-corrected chi connectivity index (χ0v) is 9.94. The first-order valence-corrected chi connectivity index (χ1v) is 5.94. The maximum absolute atomic E-state index is 12.0. The molecule has 1 heterocycles. The van der Waals surface area contributed by atoms with Gasteiger partial charge in [-0.3, -0.25) is 4.79 Å². The van der Waals surface area contributed by atoms with Crippen molar-refractivity contribution in [2.24, 2.45) is 11.8 Å². The van der Waals surface area contributed by atoms with Crippen LogP contribution in [-0.4, -0.2) is 16.9 Å². The molecule has 0 aliphatic heterocycles. The molecule has 0 spiro atoms. The van der Waals surface area contributed by atoms with Crippen LogP contribution in [0.1, 0.15) is 36.5 Å². The molecule has 5 heteroatoms. The van der Waals surface area contributed by atoms with Crippen LogP contribution < -0.4 is 16.6 Å². The number of aromatic nitrogens is 1. The Labute approximate surface area is 101 Å². The second kappa shape index (κ2) is 5.14. The molecule has 4 N–H and O–H groups in total. The molecular weight excluding hydrogens is 216 g/mol. The second-order valence-electron chi connectivity index (χ2n) is 4.56. The summed E-state index contributed by atoms with van der Waals surface area (Å²) >= 11 is 0. The Kier molecular flexibility index (Phi) is 3.58. The zero-order chi connectivity index (χ0) is 12.3. The Morgan fingerprint density at radius 2 is 2.35 bits per heavy atom. The van der Waals surface area contributed by atoms with Crippen molar-refractivity contribution < 1.29 is 4.79 Å². The minimum absolute atomic E-state index is 0.0531. The first-order chi connectivity index (χ1) is 8.20. The van der Waals surface area contributed by atoms with E-state index in [-0.39, 0.29) is 5.91 Å². The molecule has 17 heavy (non-hydrogen) atoms. The highest BCUT2D eigenvalue weighted by molar-refractivity contribution is 5.95. The number of hydrazine groups is 1. The SMILES string of the molecule is CC1CCCC1NC(=O)c1ccnc(NN)c1. The highest BCUT2D eigenvalue weighted by atomic mass is 16.1. The summed E-state index contributed by atoms with van der Waals surface area (Å²) in [5.74, 6) is 6.27. The number of hydrogen-bond donors (Lipinski definition) is 3. The number of carbonyl (C=O) groups is 1. The molecule has 2 atom stereocenters. The molecule has 1 aromatic rings. The van der Waals surface area contributed by atoms with E-state index < -0.39 is 0 Å². The number of anilines is 1. The number of nitrogens with one attached hydrogen (secondary N) is 2. The van der Waals surface area contributed by atoms with Gasteiger partial charge in [-0.1, -0.05) is 13.3 Å². The lowest BCUT2D eigenvalue weighted by molar-refractivity contribution is 0.0929. The minimum atomic E-state index is -0.0531. The van der Waals surface area contributed by atoms with Gasteiger partial charge >= 0.3 is 0 Å². The molecule has 0 bridgehead atoms. The molecular formula is C12H18N4O. The van der Waals surface area contributed by atoms with Crippen molar-refractivity contribution >= 4 is 11.7 Å². The quantitative estimate of drug-likeness (QED) is 0.544. The van der Waals surface area contributed by atoms with Crippen molar-refractivity contribution in [2.75, 3.05) is 5.43 Å². The van der Waals surface area contributed by atoms with Crippen molar-refractivity contribution in [1.29, 1.82) is 0 Å². The number of amides is 1. The summed E-state index contributed by atoms with van der Waals surface area (Å²) in [4.78, 5) is 16.0. The van der Waals surface area contributed by atoms with E-state index in [4.69, 9.17) is 5.84 Å². The molecule has 2 rings (SSSR count). The van der Waals surface area contributed by atoms with Crippen LogP contribution in [0, 0.1) is 5.92 Å².